The minimum atomic E-state index is -4.32. The van der Waals surface area contributed by atoms with Gasteiger partial charge in [-0.2, -0.15) is 13.2 Å². The van der Waals surface area contributed by atoms with Gasteiger partial charge in [0.25, 0.3) is 0 Å². The summed E-state index contributed by atoms with van der Waals surface area (Å²) in [6.45, 7) is 4.13. The molecule has 0 amide bonds. The number of carbonyl (C=O) groups is 1. The monoisotopic (exact) mass is 412 g/mol. The summed E-state index contributed by atoms with van der Waals surface area (Å²) in [5, 5.41) is 11.9. The molecule has 2 aromatic rings. The van der Waals surface area contributed by atoms with E-state index in [1.54, 1.807) is 6.07 Å². The minimum Gasteiger partial charge on any atom is -0.481 e. The second-order valence-electron chi connectivity index (χ2n) is 7.81. The summed E-state index contributed by atoms with van der Waals surface area (Å²) in [5.74, 6) is 0.0584. The van der Waals surface area contributed by atoms with E-state index in [1.165, 1.54) is 17.4 Å². The van der Waals surface area contributed by atoms with E-state index < -0.39 is 17.7 Å². The number of halogens is 3. The van der Waals surface area contributed by atoms with Crippen LogP contribution < -0.4 is 4.90 Å². The largest absolute Gasteiger partial charge is 0.481 e. The third-order valence-corrected chi connectivity index (χ3v) is 6.75. The van der Waals surface area contributed by atoms with Crippen LogP contribution in [0.4, 0.5) is 18.9 Å². The summed E-state index contributed by atoms with van der Waals surface area (Å²) in [6.07, 6.45) is -1.81. The Kier molecular flexibility index (Phi) is 5.26. The van der Waals surface area contributed by atoms with Gasteiger partial charge >= 0.3 is 12.1 Å². The third kappa shape index (κ3) is 4.27. The first-order chi connectivity index (χ1) is 13.3. The summed E-state index contributed by atoms with van der Waals surface area (Å²) in [7, 11) is 0. The van der Waals surface area contributed by atoms with E-state index in [9.17, 15) is 18.0 Å². The summed E-state index contributed by atoms with van der Waals surface area (Å²) < 4.78 is 39.4. The lowest BCUT2D eigenvalue weighted by Crippen LogP contribution is -2.48. The molecule has 1 N–H and O–H groups in total. The van der Waals surface area contributed by atoms with Gasteiger partial charge in [-0.15, -0.1) is 11.3 Å². The molecule has 1 aromatic carbocycles. The summed E-state index contributed by atoms with van der Waals surface area (Å²) in [6, 6.07) is 3.96. The number of carboxylic acid groups (broad SMARTS) is 1. The van der Waals surface area contributed by atoms with E-state index in [1.807, 2.05) is 5.38 Å². The molecular formula is C20H23F3N2O2S. The maximum Gasteiger partial charge on any atom is 0.416 e. The van der Waals surface area contributed by atoms with Crippen LogP contribution in [0.3, 0.4) is 0 Å². The fourth-order valence-corrected chi connectivity index (χ4v) is 5.12. The molecule has 1 saturated carbocycles. The standard InChI is InChI=1S/C20H23F3N2O2S/c21-20(22,23)15-3-4-16-17(12-28-18(16)10-15)25-7-5-24(6-8-25)11-14(9-19(26)27)13-1-2-13/h3-4,10,12-14H,1-2,5-9,11H2,(H,26,27). The van der Waals surface area contributed by atoms with E-state index in [-0.39, 0.29) is 12.3 Å². The van der Waals surface area contributed by atoms with Gasteiger partial charge in [-0.3, -0.25) is 9.69 Å². The molecular weight excluding hydrogens is 389 g/mol. The highest BCUT2D eigenvalue weighted by molar-refractivity contribution is 7.17. The number of fused-ring (bicyclic) bond motifs is 1. The summed E-state index contributed by atoms with van der Waals surface area (Å²) >= 11 is 1.35. The van der Waals surface area contributed by atoms with Crippen LogP contribution >= 0.6 is 11.3 Å². The van der Waals surface area contributed by atoms with Gasteiger partial charge in [0.1, 0.15) is 0 Å². The normalized spacial score (nSPS) is 19.9. The number of nitrogens with zero attached hydrogens (tertiary/aromatic N) is 2. The number of benzene rings is 1. The first-order valence-electron chi connectivity index (χ1n) is 9.59. The van der Waals surface area contributed by atoms with Gasteiger partial charge < -0.3 is 10.0 Å². The molecule has 2 aliphatic rings. The maximum absolute atomic E-state index is 12.9. The number of aliphatic carboxylic acids is 1. The molecule has 0 radical (unpaired) electrons. The van der Waals surface area contributed by atoms with Crippen LogP contribution in [0.15, 0.2) is 23.6 Å². The van der Waals surface area contributed by atoms with E-state index in [0.29, 0.717) is 10.6 Å². The van der Waals surface area contributed by atoms with Crippen LogP contribution in [0.25, 0.3) is 10.1 Å². The lowest BCUT2D eigenvalue weighted by Gasteiger charge is -2.37. The Bertz CT molecular complexity index is 855. The van der Waals surface area contributed by atoms with E-state index >= 15 is 0 Å². The van der Waals surface area contributed by atoms with Crippen molar-refractivity contribution in [1.82, 2.24) is 4.90 Å². The zero-order chi connectivity index (χ0) is 19.9. The highest BCUT2D eigenvalue weighted by atomic mass is 32.1. The molecule has 8 heteroatoms. The first kappa shape index (κ1) is 19.5. The van der Waals surface area contributed by atoms with Crippen LogP contribution in [-0.4, -0.2) is 48.7 Å². The summed E-state index contributed by atoms with van der Waals surface area (Å²) in [5.41, 5.74) is 0.389. The van der Waals surface area contributed by atoms with Gasteiger partial charge in [0.05, 0.1) is 11.3 Å². The maximum atomic E-state index is 12.9. The molecule has 1 saturated heterocycles. The number of rotatable bonds is 6. The SMILES string of the molecule is O=C(O)CC(CN1CCN(c2csc3cc(C(F)(F)F)ccc23)CC1)C1CC1. The number of alkyl halides is 3. The number of thiophene rings is 1. The molecule has 1 aliphatic heterocycles. The van der Waals surface area contributed by atoms with Crippen molar-refractivity contribution >= 4 is 33.1 Å². The van der Waals surface area contributed by atoms with Crippen molar-refractivity contribution in [2.24, 2.45) is 11.8 Å². The number of anilines is 1. The number of hydrogen-bond donors (Lipinski definition) is 1. The van der Waals surface area contributed by atoms with Crippen LogP contribution in [0, 0.1) is 11.8 Å². The first-order valence-corrected chi connectivity index (χ1v) is 10.5. The molecule has 152 valence electrons. The molecule has 2 fully saturated rings. The number of hydrogen-bond acceptors (Lipinski definition) is 4. The topological polar surface area (TPSA) is 43.8 Å². The van der Waals surface area contributed by atoms with E-state index in [2.05, 4.69) is 9.80 Å². The Labute approximate surface area is 165 Å². The van der Waals surface area contributed by atoms with Crippen molar-refractivity contribution in [2.45, 2.75) is 25.4 Å². The predicted octanol–water partition coefficient (Wildman–Crippen LogP) is 4.54. The van der Waals surface area contributed by atoms with Crippen molar-refractivity contribution in [1.29, 1.82) is 0 Å². The zero-order valence-corrected chi connectivity index (χ0v) is 16.2. The highest BCUT2D eigenvalue weighted by Crippen LogP contribution is 2.40. The van der Waals surface area contributed by atoms with Gasteiger partial charge in [0.2, 0.25) is 0 Å². The van der Waals surface area contributed by atoms with Crippen molar-refractivity contribution in [3.63, 3.8) is 0 Å². The fourth-order valence-electron chi connectivity index (χ4n) is 4.11. The average Bonchev–Trinajstić information content (AvgIpc) is 3.40. The highest BCUT2D eigenvalue weighted by Gasteiger charge is 2.34. The molecule has 4 rings (SSSR count). The predicted molar refractivity (Wildman–Crippen MR) is 104 cm³/mol. The van der Waals surface area contributed by atoms with Crippen molar-refractivity contribution < 1.29 is 23.1 Å². The fraction of sp³-hybridized carbons (Fsp3) is 0.550. The zero-order valence-electron chi connectivity index (χ0n) is 15.4. The average molecular weight is 412 g/mol. The van der Waals surface area contributed by atoms with Gasteiger partial charge in [-0.25, -0.2) is 0 Å². The van der Waals surface area contributed by atoms with Crippen LogP contribution in [-0.2, 0) is 11.0 Å². The third-order valence-electron chi connectivity index (χ3n) is 5.81. The molecule has 1 aromatic heterocycles. The van der Waals surface area contributed by atoms with Gasteiger partial charge in [-0.05, 0) is 36.8 Å². The van der Waals surface area contributed by atoms with Gasteiger partial charge in [-0.1, -0.05) is 6.07 Å². The minimum absolute atomic E-state index is 0.229. The van der Waals surface area contributed by atoms with Gasteiger partial charge in [0.15, 0.2) is 0 Å². The van der Waals surface area contributed by atoms with E-state index in [4.69, 9.17) is 5.11 Å². The Morgan fingerprint density at radius 1 is 1.21 bits per heavy atom. The number of piperazine rings is 1. The Balaban J connectivity index is 1.40. The van der Waals surface area contributed by atoms with E-state index in [0.717, 1.165) is 62.7 Å². The molecule has 1 unspecified atom stereocenters. The van der Waals surface area contributed by atoms with Crippen LogP contribution in [0.2, 0.25) is 0 Å². The smallest absolute Gasteiger partial charge is 0.416 e. The Morgan fingerprint density at radius 3 is 2.54 bits per heavy atom. The van der Waals surface area contributed by atoms with Crippen LogP contribution in [0.1, 0.15) is 24.8 Å². The Hall–Kier alpha value is -1.80. The lowest BCUT2D eigenvalue weighted by molar-refractivity contribution is -0.139. The Morgan fingerprint density at radius 2 is 1.93 bits per heavy atom. The van der Waals surface area contributed by atoms with Gasteiger partial charge in [0, 0.05) is 54.6 Å². The summed E-state index contributed by atoms with van der Waals surface area (Å²) in [4.78, 5) is 15.7. The lowest BCUT2D eigenvalue weighted by atomic mass is 9.98. The number of carboxylic acids is 1. The second-order valence-corrected chi connectivity index (χ2v) is 8.72. The van der Waals surface area contributed by atoms with Crippen molar-refractivity contribution in [2.75, 3.05) is 37.6 Å². The molecule has 0 bridgehead atoms. The van der Waals surface area contributed by atoms with Crippen LogP contribution in [0.5, 0.6) is 0 Å². The van der Waals surface area contributed by atoms with Crippen molar-refractivity contribution in [3.8, 4) is 0 Å². The molecule has 0 spiro atoms. The second kappa shape index (κ2) is 7.55. The van der Waals surface area contributed by atoms with Crippen molar-refractivity contribution in [3.05, 3.63) is 29.1 Å². The molecule has 4 nitrogen and oxygen atoms in total. The molecule has 1 atom stereocenters. The molecule has 28 heavy (non-hydrogen) atoms. The molecule has 1 aliphatic carbocycles. The quantitative estimate of drug-likeness (QED) is 0.756. The molecule has 2 heterocycles.